The molecule has 0 fully saturated rings. The lowest BCUT2D eigenvalue weighted by molar-refractivity contribution is 0.545. The van der Waals surface area contributed by atoms with E-state index in [0.29, 0.717) is 6.54 Å². The lowest BCUT2D eigenvalue weighted by atomic mass is 9.90. The number of nitrogens with one attached hydrogen (secondary N) is 1. The number of aryl methyl sites for hydroxylation is 1. The average Bonchev–Trinajstić information content (AvgIpc) is 2.80. The number of nitrogens with zero attached hydrogens (tertiary/aromatic N) is 2. The number of anilines is 1. The van der Waals surface area contributed by atoms with E-state index in [-0.39, 0.29) is 5.41 Å². The predicted molar refractivity (Wildman–Crippen MR) is 84.5 cm³/mol. The second-order valence-corrected chi connectivity index (χ2v) is 6.12. The number of benzene rings is 1. The topological polar surface area (TPSA) is 55.9 Å². The van der Waals surface area contributed by atoms with Crippen LogP contribution in [0.5, 0.6) is 0 Å². The predicted octanol–water partition coefficient (Wildman–Crippen LogP) is 2.85. The van der Waals surface area contributed by atoms with Crippen LogP contribution in [0.4, 0.5) is 5.69 Å². The SMILES string of the molecule is Cc1cccc(-n2ncc(NCCN)c2C(C)(C)C)c1. The van der Waals surface area contributed by atoms with Crippen LogP contribution in [-0.4, -0.2) is 22.9 Å². The Morgan fingerprint density at radius 1 is 1.30 bits per heavy atom. The molecule has 0 saturated heterocycles. The van der Waals surface area contributed by atoms with Crippen molar-refractivity contribution in [3.05, 3.63) is 41.7 Å². The van der Waals surface area contributed by atoms with Gasteiger partial charge >= 0.3 is 0 Å². The van der Waals surface area contributed by atoms with Crippen LogP contribution in [0, 0.1) is 6.92 Å². The standard InChI is InChI=1S/C16H24N4/c1-12-6-5-7-13(10-12)20-15(16(2,3)4)14(11-19-20)18-9-8-17/h5-7,10-11,18H,8-9,17H2,1-4H3. The first-order chi connectivity index (χ1) is 9.43. The molecule has 0 saturated carbocycles. The number of hydrogen-bond donors (Lipinski definition) is 2. The van der Waals surface area contributed by atoms with Gasteiger partial charge in [0.25, 0.3) is 0 Å². The van der Waals surface area contributed by atoms with Gasteiger partial charge in [0.05, 0.1) is 23.3 Å². The van der Waals surface area contributed by atoms with Crippen molar-refractivity contribution < 1.29 is 0 Å². The third-order valence-corrected chi connectivity index (χ3v) is 3.19. The molecule has 2 rings (SSSR count). The molecule has 1 heterocycles. The van der Waals surface area contributed by atoms with Crippen LogP contribution in [0.3, 0.4) is 0 Å². The maximum absolute atomic E-state index is 5.58. The molecule has 3 N–H and O–H groups in total. The summed E-state index contributed by atoms with van der Waals surface area (Å²) in [7, 11) is 0. The summed E-state index contributed by atoms with van der Waals surface area (Å²) in [4.78, 5) is 0. The van der Waals surface area contributed by atoms with Crippen molar-refractivity contribution in [1.82, 2.24) is 9.78 Å². The summed E-state index contributed by atoms with van der Waals surface area (Å²) in [5, 5.41) is 7.93. The first-order valence-corrected chi connectivity index (χ1v) is 7.03. The highest BCUT2D eigenvalue weighted by molar-refractivity contribution is 5.53. The van der Waals surface area contributed by atoms with Gasteiger partial charge in [0.1, 0.15) is 0 Å². The van der Waals surface area contributed by atoms with Crippen molar-refractivity contribution >= 4 is 5.69 Å². The molecule has 0 radical (unpaired) electrons. The van der Waals surface area contributed by atoms with Crippen LogP contribution >= 0.6 is 0 Å². The van der Waals surface area contributed by atoms with Crippen molar-refractivity contribution in [2.45, 2.75) is 33.1 Å². The largest absolute Gasteiger partial charge is 0.381 e. The number of aromatic nitrogens is 2. The van der Waals surface area contributed by atoms with E-state index in [1.54, 1.807) is 0 Å². The lowest BCUT2D eigenvalue weighted by Crippen LogP contribution is -2.21. The zero-order valence-corrected chi connectivity index (χ0v) is 12.8. The van der Waals surface area contributed by atoms with Crippen molar-refractivity contribution in [2.75, 3.05) is 18.4 Å². The van der Waals surface area contributed by atoms with E-state index in [1.165, 1.54) is 11.3 Å². The molecule has 4 nitrogen and oxygen atoms in total. The molecule has 0 atom stereocenters. The van der Waals surface area contributed by atoms with E-state index in [9.17, 15) is 0 Å². The molecule has 2 aromatic rings. The second-order valence-electron chi connectivity index (χ2n) is 6.12. The maximum atomic E-state index is 5.58. The van der Waals surface area contributed by atoms with Gasteiger partial charge in [0, 0.05) is 18.5 Å². The Balaban J connectivity index is 2.51. The van der Waals surface area contributed by atoms with Crippen LogP contribution < -0.4 is 11.1 Å². The lowest BCUT2D eigenvalue weighted by Gasteiger charge is -2.23. The average molecular weight is 272 g/mol. The van der Waals surface area contributed by atoms with Gasteiger partial charge < -0.3 is 11.1 Å². The van der Waals surface area contributed by atoms with Gasteiger partial charge in [-0.05, 0) is 24.6 Å². The van der Waals surface area contributed by atoms with Gasteiger partial charge in [-0.1, -0.05) is 32.9 Å². The summed E-state index contributed by atoms with van der Waals surface area (Å²) < 4.78 is 2.02. The minimum Gasteiger partial charge on any atom is -0.381 e. The third kappa shape index (κ3) is 3.02. The highest BCUT2D eigenvalue weighted by Crippen LogP contribution is 2.31. The molecule has 1 aromatic heterocycles. The highest BCUT2D eigenvalue weighted by Gasteiger charge is 2.24. The molecule has 0 aliphatic rings. The Bertz CT molecular complexity index is 578. The fourth-order valence-electron chi connectivity index (χ4n) is 2.36. The van der Waals surface area contributed by atoms with Gasteiger partial charge in [-0.25, -0.2) is 4.68 Å². The molecular weight excluding hydrogens is 248 g/mol. The Hall–Kier alpha value is -1.81. The van der Waals surface area contributed by atoms with E-state index in [1.807, 2.05) is 10.9 Å². The van der Waals surface area contributed by atoms with Crippen molar-refractivity contribution in [2.24, 2.45) is 5.73 Å². The minimum atomic E-state index is -0.00280. The number of nitrogens with two attached hydrogens (primary N) is 1. The molecule has 0 aliphatic heterocycles. The van der Waals surface area contributed by atoms with E-state index in [0.717, 1.165) is 17.9 Å². The van der Waals surface area contributed by atoms with Crippen LogP contribution in [0.25, 0.3) is 5.69 Å². The maximum Gasteiger partial charge on any atom is 0.0769 e. The number of hydrogen-bond acceptors (Lipinski definition) is 3. The Morgan fingerprint density at radius 3 is 2.65 bits per heavy atom. The fraction of sp³-hybridized carbons (Fsp3) is 0.438. The fourth-order valence-corrected chi connectivity index (χ4v) is 2.36. The van der Waals surface area contributed by atoms with E-state index < -0.39 is 0 Å². The summed E-state index contributed by atoms with van der Waals surface area (Å²) in [5.41, 5.74) is 10.1. The molecule has 4 heteroatoms. The Morgan fingerprint density at radius 2 is 2.05 bits per heavy atom. The van der Waals surface area contributed by atoms with Crippen LogP contribution in [0.15, 0.2) is 30.5 Å². The van der Waals surface area contributed by atoms with E-state index in [4.69, 9.17) is 5.73 Å². The molecule has 0 unspecified atom stereocenters. The summed E-state index contributed by atoms with van der Waals surface area (Å²) in [6.07, 6.45) is 1.89. The summed E-state index contributed by atoms with van der Waals surface area (Å²) in [6.45, 7) is 10.1. The zero-order chi connectivity index (χ0) is 14.8. The Labute approximate surface area is 121 Å². The van der Waals surface area contributed by atoms with Crippen molar-refractivity contribution in [1.29, 1.82) is 0 Å². The van der Waals surface area contributed by atoms with Crippen LogP contribution in [0.2, 0.25) is 0 Å². The molecular formula is C16H24N4. The number of rotatable bonds is 4. The molecule has 0 spiro atoms. The Kier molecular flexibility index (Phi) is 4.14. The van der Waals surface area contributed by atoms with Crippen molar-refractivity contribution in [3.63, 3.8) is 0 Å². The summed E-state index contributed by atoms with van der Waals surface area (Å²) in [6, 6.07) is 8.39. The van der Waals surface area contributed by atoms with E-state index in [2.05, 4.69) is 62.4 Å². The summed E-state index contributed by atoms with van der Waals surface area (Å²) in [5.74, 6) is 0. The molecule has 1 aromatic carbocycles. The monoisotopic (exact) mass is 272 g/mol. The van der Waals surface area contributed by atoms with Gasteiger partial charge in [-0.2, -0.15) is 5.10 Å². The zero-order valence-electron chi connectivity index (χ0n) is 12.8. The molecule has 0 bridgehead atoms. The quantitative estimate of drug-likeness (QED) is 0.900. The van der Waals surface area contributed by atoms with Gasteiger partial charge in [0.15, 0.2) is 0 Å². The van der Waals surface area contributed by atoms with Gasteiger partial charge in [-0.15, -0.1) is 0 Å². The minimum absolute atomic E-state index is 0.00280. The highest BCUT2D eigenvalue weighted by atomic mass is 15.3. The second kappa shape index (κ2) is 5.67. The smallest absolute Gasteiger partial charge is 0.0769 e. The van der Waals surface area contributed by atoms with Gasteiger partial charge in [-0.3, -0.25) is 0 Å². The molecule has 0 amide bonds. The van der Waals surface area contributed by atoms with Crippen LogP contribution in [0.1, 0.15) is 32.0 Å². The van der Waals surface area contributed by atoms with E-state index >= 15 is 0 Å². The van der Waals surface area contributed by atoms with Crippen LogP contribution in [-0.2, 0) is 5.41 Å². The van der Waals surface area contributed by atoms with Gasteiger partial charge in [0.2, 0.25) is 0 Å². The molecule has 108 valence electrons. The summed E-state index contributed by atoms with van der Waals surface area (Å²) >= 11 is 0. The first-order valence-electron chi connectivity index (χ1n) is 7.03. The first kappa shape index (κ1) is 14.6. The molecule has 20 heavy (non-hydrogen) atoms. The van der Waals surface area contributed by atoms with Crippen molar-refractivity contribution in [3.8, 4) is 5.69 Å². The molecule has 0 aliphatic carbocycles. The normalized spacial score (nSPS) is 11.7. The third-order valence-electron chi connectivity index (χ3n) is 3.19.